The molecule has 1 aliphatic heterocycles. The van der Waals surface area contributed by atoms with Gasteiger partial charge in [0, 0.05) is 12.2 Å². The Labute approximate surface area is 124 Å². The van der Waals surface area contributed by atoms with E-state index in [-0.39, 0.29) is 18.6 Å². The van der Waals surface area contributed by atoms with E-state index < -0.39 is 6.10 Å². The Balaban J connectivity index is 1.98. The van der Waals surface area contributed by atoms with Crippen molar-refractivity contribution in [3.05, 3.63) is 42.0 Å². The van der Waals surface area contributed by atoms with Crippen LogP contribution in [0.2, 0.25) is 0 Å². The molecule has 0 saturated carbocycles. The lowest BCUT2D eigenvalue weighted by Gasteiger charge is -2.28. The lowest BCUT2D eigenvalue weighted by molar-refractivity contribution is -0.0260. The fraction of sp³-hybridized carbons (Fsp3) is 0.438. The fourth-order valence-corrected chi connectivity index (χ4v) is 2.08. The number of carbonyl (C=O) groups is 1. The zero-order chi connectivity index (χ0) is 15.2. The number of ether oxygens (including phenoxy) is 2. The van der Waals surface area contributed by atoms with Crippen molar-refractivity contribution >= 4 is 5.91 Å². The molecule has 1 aliphatic rings. The minimum Gasteiger partial charge on any atom is -0.489 e. The van der Waals surface area contributed by atoms with Crippen molar-refractivity contribution in [1.82, 2.24) is 5.32 Å². The highest BCUT2D eigenvalue weighted by atomic mass is 16.5. The van der Waals surface area contributed by atoms with Gasteiger partial charge in [-0.2, -0.15) is 0 Å². The van der Waals surface area contributed by atoms with Gasteiger partial charge >= 0.3 is 0 Å². The van der Waals surface area contributed by atoms with Crippen molar-refractivity contribution in [1.29, 1.82) is 0 Å². The first-order valence-corrected chi connectivity index (χ1v) is 7.00. The Morgan fingerprint density at radius 1 is 1.57 bits per heavy atom. The Bertz CT molecular complexity index is 515. The van der Waals surface area contributed by atoms with Crippen molar-refractivity contribution in [2.75, 3.05) is 19.8 Å². The molecule has 2 atom stereocenters. The summed E-state index contributed by atoms with van der Waals surface area (Å²) in [6.45, 7) is 6.87. The average molecular weight is 291 g/mol. The number of hydrogen-bond donors (Lipinski definition) is 2. The van der Waals surface area contributed by atoms with Crippen LogP contribution in [0.1, 0.15) is 23.7 Å². The first kappa shape index (κ1) is 15.5. The van der Waals surface area contributed by atoms with Gasteiger partial charge in [0.25, 0.3) is 5.91 Å². The molecule has 0 bridgehead atoms. The number of carbonyl (C=O) groups excluding carboxylic acids is 1. The van der Waals surface area contributed by atoms with Crippen molar-refractivity contribution in [3.8, 4) is 5.75 Å². The number of aliphatic hydroxyl groups excluding tert-OH is 1. The van der Waals surface area contributed by atoms with Crippen molar-refractivity contribution in [2.24, 2.45) is 0 Å². The van der Waals surface area contributed by atoms with E-state index in [4.69, 9.17) is 9.47 Å². The molecule has 1 fully saturated rings. The number of rotatable bonds is 5. The van der Waals surface area contributed by atoms with Crippen LogP contribution in [0.3, 0.4) is 0 Å². The largest absolute Gasteiger partial charge is 0.489 e. The van der Waals surface area contributed by atoms with Crippen molar-refractivity contribution in [3.63, 3.8) is 0 Å². The highest BCUT2D eigenvalue weighted by Gasteiger charge is 2.25. The highest BCUT2D eigenvalue weighted by molar-refractivity contribution is 5.94. The first-order chi connectivity index (χ1) is 10.1. The lowest BCUT2D eigenvalue weighted by Crippen LogP contribution is -2.48. The predicted octanol–water partition coefficient (Wildman–Crippen LogP) is 1.52. The third kappa shape index (κ3) is 4.58. The molecule has 0 radical (unpaired) electrons. The Morgan fingerprint density at radius 2 is 2.38 bits per heavy atom. The van der Waals surface area contributed by atoms with Gasteiger partial charge < -0.3 is 19.9 Å². The number of nitrogens with one attached hydrogen (secondary N) is 1. The minimum atomic E-state index is -0.662. The molecule has 0 spiro atoms. The number of benzene rings is 1. The average Bonchev–Trinajstić information content (AvgIpc) is 2.48. The maximum atomic E-state index is 12.2. The van der Waals surface area contributed by atoms with Crippen LogP contribution in [-0.2, 0) is 4.74 Å². The summed E-state index contributed by atoms with van der Waals surface area (Å²) < 4.78 is 10.7. The summed E-state index contributed by atoms with van der Waals surface area (Å²) in [4.78, 5) is 12.2. The molecule has 1 heterocycles. The number of aliphatic hydroxyl groups is 1. The second-order valence-corrected chi connectivity index (χ2v) is 5.28. The van der Waals surface area contributed by atoms with Gasteiger partial charge in [0.15, 0.2) is 0 Å². The molecule has 21 heavy (non-hydrogen) atoms. The van der Waals surface area contributed by atoms with E-state index in [1.807, 2.05) is 6.92 Å². The van der Waals surface area contributed by atoms with Crippen LogP contribution in [0.5, 0.6) is 5.75 Å². The first-order valence-electron chi connectivity index (χ1n) is 7.00. The molecule has 2 rings (SSSR count). The minimum absolute atomic E-state index is 0.221. The molecule has 5 nitrogen and oxygen atoms in total. The summed E-state index contributed by atoms with van der Waals surface area (Å²) in [5.74, 6) is 0.403. The summed E-state index contributed by atoms with van der Waals surface area (Å²) in [5, 5.41) is 12.6. The Morgan fingerprint density at radius 3 is 3.10 bits per heavy atom. The summed E-state index contributed by atoms with van der Waals surface area (Å²) in [6.07, 6.45) is -0.0517. The molecule has 0 aromatic heterocycles. The zero-order valence-electron chi connectivity index (χ0n) is 12.2. The van der Waals surface area contributed by atoms with Gasteiger partial charge in [0.1, 0.15) is 12.4 Å². The van der Waals surface area contributed by atoms with Crippen molar-refractivity contribution in [2.45, 2.75) is 25.5 Å². The SMILES string of the molecule is C=C(C)COc1cccc(C(=O)N[C@@H]2CCOC[C@H]2O)c1. The van der Waals surface area contributed by atoms with Crippen LogP contribution in [0, 0.1) is 0 Å². The second-order valence-electron chi connectivity index (χ2n) is 5.28. The van der Waals surface area contributed by atoms with E-state index >= 15 is 0 Å². The standard InChI is InChI=1S/C16H21NO4/c1-11(2)9-21-13-5-3-4-12(8-13)16(19)17-14-6-7-20-10-15(14)18/h3-5,8,14-15,18H,1,6-7,9-10H2,2H3,(H,17,19)/t14-,15-/m1/s1. The van der Waals surface area contributed by atoms with E-state index in [0.29, 0.717) is 30.9 Å². The summed E-state index contributed by atoms with van der Waals surface area (Å²) in [6, 6.07) is 6.69. The van der Waals surface area contributed by atoms with Crippen LogP contribution >= 0.6 is 0 Å². The molecule has 1 amide bonds. The predicted molar refractivity (Wildman–Crippen MR) is 79.4 cm³/mol. The monoisotopic (exact) mass is 291 g/mol. The molecule has 0 aliphatic carbocycles. The van der Waals surface area contributed by atoms with E-state index in [9.17, 15) is 9.90 Å². The van der Waals surface area contributed by atoms with Crippen LogP contribution < -0.4 is 10.1 Å². The summed E-state index contributed by atoms with van der Waals surface area (Å²) >= 11 is 0. The van der Waals surface area contributed by atoms with Gasteiger partial charge in [-0.25, -0.2) is 0 Å². The maximum Gasteiger partial charge on any atom is 0.251 e. The lowest BCUT2D eigenvalue weighted by atomic mass is 10.1. The molecule has 2 N–H and O–H groups in total. The molecule has 114 valence electrons. The number of hydrogen-bond acceptors (Lipinski definition) is 4. The van der Waals surface area contributed by atoms with Crippen molar-refractivity contribution < 1.29 is 19.4 Å². The highest BCUT2D eigenvalue weighted by Crippen LogP contribution is 2.15. The second kappa shape index (κ2) is 7.24. The molecule has 5 heteroatoms. The van der Waals surface area contributed by atoms with Crippen LogP contribution in [-0.4, -0.2) is 43.0 Å². The Kier molecular flexibility index (Phi) is 5.36. The van der Waals surface area contributed by atoms with E-state index in [1.165, 1.54) is 0 Å². The molecule has 0 unspecified atom stereocenters. The fourth-order valence-electron chi connectivity index (χ4n) is 2.08. The smallest absolute Gasteiger partial charge is 0.251 e. The van der Waals surface area contributed by atoms with Crippen LogP contribution in [0.4, 0.5) is 0 Å². The van der Waals surface area contributed by atoms with Crippen LogP contribution in [0.15, 0.2) is 36.4 Å². The summed E-state index contributed by atoms with van der Waals surface area (Å²) in [7, 11) is 0. The molecular formula is C16H21NO4. The van der Waals surface area contributed by atoms with Gasteiger partial charge in [-0.15, -0.1) is 0 Å². The normalized spacial score (nSPS) is 21.6. The van der Waals surface area contributed by atoms with E-state index in [2.05, 4.69) is 11.9 Å². The van der Waals surface area contributed by atoms with E-state index in [1.54, 1.807) is 24.3 Å². The molecule has 1 aromatic rings. The maximum absolute atomic E-state index is 12.2. The molecule has 1 saturated heterocycles. The molecular weight excluding hydrogens is 270 g/mol. The van der Waals surface area contributed by atoms with Crippen LogP contribution in [0.25, 0.3) is 0 Å². The third-order valence-electron chi connectivity index (χ3n) is 3.22. The topological polar surface area (TPSA) is 67.8 Å². The van der Waals surface area contributed by atoms with Gasteiger partial charge in [-0.05, 0) is 37.1 Å². The zero-order valence-corrected chi connectivity index (χ0v) is 12.2. The van der Waals surface area contributed by atoms with E-state index in [0.717, 1.165) is 5.57 Å². The quantitative estimate of drug-likeness (QED) is 0.807. The Hall–Kier alpha value is -1.85. The molecule has 1 aromatic carbocycles. The third-order valence-corrected chi connectivity index (χ3v) is 3.22. The van der Waals surface area contributed by atoms with Gasteiger partial charge in [-0.1, -0.05) is 12.6 Å². The van der Waals surface area contributed by atoms with Gasteiger partial charge in [-0.3, -0.25) is 4.79 Å². The van der Waals surface area contributed by atoms with Gasteiger partial charge in [0.2, 0.25) is 0 Å². The summed E-state index contributed by atoms with van der Waals surface area (Å²) in [5.41, 5.74) is 1.42. The number of amides is 1. The van der Waals surface area contributed by atoms with Gasteiger partial charge in [0.05, 0.1) is 18.8 Å².